The first-order valence-corrected chi connectivity index (χ1v) is 4.20. The molecule has 0 heterocycles. The molecule has 0 unspecified atom stereocenters. The van der Waals surface area contributed by atoms with Gasteiger partial charge in [-0.2, -0.15) is 0 Å². The molecule has 1 aromatic rings. The van der Waals surface area contributed by atoms with Crippen molar-refractivity contribution in [1.29, 1.82) is 0 Å². The highest BCUT2D eigenvalue weighted by Gasteiger charge is 2.21. The maximum Gasteiger partial charge on any atom is 0.491 e. The van der Waals surface area contributed by atoms with Gasteiger partial charge in [-0.3, -0.25) is 0 Å². The summed E-state index contributed by atoms with van der Waals surface area (Å²) in [5.41, 5.74) is -0.0586. The van der Waals surface area contributed by atoms with Crippen molar-refractivity contribution < 1.29 is 14.4 Å². The van der Waals surface area contributed by atoms with Gasteiger partial charge in [-0.25, -0.2) is 4.39 Å². The Morgan fingerprint density at radius 1 is 1.42 bits per heavy atom. The molecule has 0 saturated heterocycles. The van der Waals surface area contributed by atoms with Gasteiger partial charge < -0.3 is 10.0 Å². The number of benzene rings is 1. The number of halogens is 3. The molecule has 64 valence electrons. The second-order valence-corrected chi connectivity index (χ2v) is 3.36. The Kier molecular flexibility index (Phi) is 3.12. The summed E-state index contributed by atoms with van der Waals surface area (Å²) in [6, 6.07) is 2.49. The highest BCUT2D eigenvalue weighted by atomic mass is 79.9. The molecule has 0 saturated carbocycles. The summed E-state index contributed by atoms with van der Waals surface area (Å²) in [4.78, 5) is 0. The van der Waals surface area contributed by atoms with E-state index < -0.39 is 12.9 Å². The summed E-state index contributed by atoms with van der Waals surface area (Å²) in [7, 11) is -1.78. The van der Waals surface area contributed by atoms with Crippen LogP contribution in [0.25, 0.3) is 0 Å². The Morgan fingerprint density at radius 2 is 2.00 bits per heavy atom. The molecule has 0 spiro atoms. The first-order chi connectivity index (χ1) is 5.54. The quantitative estimate of drug-likeness (QED) is 0.577. The van der Waals surface area contributed by atoms with Crippen LogP contribution in [0.5, 0.6) is 0 Å². The van der Waals surface area contributed by atoms with Crippen LogP contribution in [-0.2, 0) is 0 Å². The summed E-state index contributed by atoms with van der Waals surface area (Å²) in [6.07, 6.45) is 0. The van der Waals surface area contributed by atoms with E-state index in [-0.39, 0.29) is 10.5 Å². The van der Waals surface area contributed by atoms with E-state index in [0.717, 1.165) is 6.07 Å². The molecular weight excluding hydrogens is 249 g/mol. The van der Waals surface area contributed by atoms with Crippen LogP contribution in [0.1, 0.15) is 0 Å². The fourth-order valence-corrected chi connectivity index (χ4v) is 1.69. The molecule has 1 aromatic carbocycles. The van der Waals surface area contributed by atoms with Gasteiger partial charge in [0.2, 0.25) is 0 Å². The fourth-order valence-electron chi connectivity index (χ4n) is 0.779. The maximum atomic E-state index is 12.7. The highest BCUT2D eigenvalue weighted by molar-refractivity contribution is 9.10. The van der Waals surface area contributed by atoms with Crippen LogP contribution < -0.4 is 5.46 Å². The van der Waals surface area contributed by atoms with Crippen LogP contribution in [0.3, 0.4) is 0 Å². The minimum absolute atomic E-state index is 0.0586. The highest BCUT2D eigenvalue weighted by Crippen LogP contribution is 2.17. The molecule has 0 aromatic heterocycles. The third-order valence-electron chi connectivity index (χ3n) is 1.34. The molecule has 0 aliphatic rings. The van der Waals surface area contributed by atoms with Crippen LogP contribution in [-0.4, -0.2) is 17.2 Å². The van der Waals surface area contributed by atoms with Crippen molar-refractivity contribution in [3.05, 3.63) is 27.4 Å². The topological polar surface area (TPSA) is 40.5 Å². The predicted octanol–water partition coefficient (Wildman–Crippen LogP) is 0.921. The van der Waals surface area contributed by atoms with Crippen molar-refractivity contribution >= 4 is 40.1 Å². The fraction of sp³-hybridized carbons (Fsp3) is 0. The number of hydrogen-bond acceptors (Lipinski definition) is 2. The van der Waals surface area contributed by atoms with E-state index in [1.54, 1.807) is 0 Å². The zero-order valence-corrected chi connectivity index (χ0v) is 8.10. The van der Waals surface area contributed by atoms with Crippen molar-refractivity contribution in [2.24, 2.45) is 0 Å². The van der Waals surface area contributed by atoms with E-state index in [0.29, 0.717) is 4.47 Å². The average Bonchev–Trinajstić information content (AvgIpc) is 1.97. The molecule has 2 nitrogen and oxygen atoms in total. The smallest absolute Gasteiger partial charge is 0.423 e. The monoisotopic (exact) mass is 252 g/mol. The molecule has 0 aliphatic heterocycles. The van der Waals surface area contributed by atoms with Gasteiger partial charge in [-0.05, 0) is 12.1 Å². The van der Waals surface area contributed by atoms with Crippen molar-refractivity contribution in [3.8, 4) is 0 Å². The first-order valence-electron chi connectivity index (χ1n) is 3.03. The Morgan fingerprint density at radius 3 is 2.42 bits per heavy atom. The molecule has 2 N–H and O–H groups in total. The summed E-state index contributed by atoms with van der Waals surface area (Å²) in [6.45, 7) is 0. The minimum Gasteiger partial charge on any atom is -0.423 e. The van der Waals surface area contributed by atoms with Gasteiger partial charge in [-0.15, -0.1) is 0 Å². The normalized spacial score (nSPS) is 10.1. The van der Waals surface area contributed by atoms with Crippen LogP contribution in [0, 0.1) is 5.82 Å². The zero-order valence-electron chi connectivity index (χ0n) is 5.76. The van der Waals surface area contributed by atoms with E-state index in [1.165, 1.54) is 6.07 Å². The van der Waals surface area contributed by atoms with Crippen LogP contribution in [0.2, 0.25) is 5.02 Å². The third-order valence-corrected chi connectivity index (χ3v) is 2.41. The Hall–Kier alpha value is -0.0951. The molecule has 0 aliphatic carbocycles. The molecule has 12 heavy (non-hydrogen) atoms. The van der Waals surface area contributed by atoms with Crippen molar-refractivity contribution in [3.63, 3.8) is 0 Å². The summed E-state index contributed by atoms with van der Waals surface area (Å²) in [5.74, 6) is -0.678. The van der Waals surface area contributed by atoms with E-state index in [1.807, 2.05) is 0 Å². The zero-order chi connectivity index (χ0) is 9.30. The summed E-state index contributed by atoms with van der Waals surface area (Å²) in [5, 5.41) is 17.3. The lowest BCUT2D eigenvalue weighted by Crippen LogP contribution is -2.32. The minimum atomic E-state index is -1.78. The van der Waals surface area contributed by atoms with E-state index >= 15 is 0 Å². The van der Waals surface area contributed by atoms with Crippen molar-refractivity contribution in [1.82, 2.24) is 0 Å². The lowest BCUT2D eigenvalue weighted by Gasteiger charge is -2.05. The molecule has 0 amide bonds. The van der Waals surface area contributed by atoms with E-state index in [4.69, 9.17) is 21.6 Å². The van der Waals surface area contributed by atoms with Crippen LogP contribution in [0.4, 0.5) is 4.39 Å². The molecular formula is C6H4BBrClFO2. The molecule has 0 atom stereocenters. The average molecular weight is 253 g/mol. The summed E-state index contributed by atoms with van der Waals surface area (Å²) < 4.78 is 13.1. The van der Waals surface area contributed by atoms with Gasteiger partial charge >= 0.3 is 7.12 Å². The lowest BCUT2D eigenvalue weighted by atomic mass is 9.80. The second-order valence-electron chi connectivity index (χ2n) is 2.13. The van der Waals surface area contributed by atoms with Crippen LogP contribution in [0.15, 0.2) is 16.6 Å². The second kappa shape index (κ2) is 3.74. The molecule has 0 bridgehead atoms. The Balaban J connectivity index is 3.33. The van der Waals surface area contributed by atoms with E-state index in [9.17, 15) is 4.39 Å². The van der Waals surface area contributed by atoms with Crippen molar-refractivity contribution in [2.45, 2.75) is 0 Å². The van der Waals surface area contributed by atoms with E-state index in [2.05, 4.69) is 15.9 Å². The molecule has 0 radical (unpaired) electrons. The van der Waals surface area contributed by atoms with Gasteiger partial charge in [0.15, 0.2) is 0 Å². The lowest BCUT2D eigenvalue weighted by molar-refractivity contribution is 0.425. The summed E-state index contributed by atoms with van der Waals surface area (Å²) >= 11 is 8.48. The van der Waals surface area contributed by atoms with Gasteiger partial charge in [-0.1, -0.05) is 27.5 Å². The Labute approximate surface area is 82.2 Å². The van der Waals surface area contributed by atoms with Gasteiger partial charge in [0, 0.05) is 9.94 Å². The van der Waals surface area contributed by atoms with Gasteiger partial charge in [0.05, 0.1) is 5.02 Å². The molecule has 0 fully saturated rings. The number of hydrogen-bond donors (Lipinski definition) is 2. The predicted molar refractivity (Wildman–Crippen MR) is 48.9 cm³/mol. The standard InChI is InChI=1S/C6H4BBrClFO2/c8-3-1-2-4(10)6(9)5(3)7(11)12/h1-2,11-12H. The van der Waals surface area contributed by atoms with Crippen LogP contribution >= 0.6 is 27.5 Å². The molecule has 1 rings (SSSR count). The Bertz CT molecular complexity index is 308. The first kappa shape index (κ1) is 9.99. The van der Waals surface area contributed by atoms with Gasteiger partial charge in [0.25, 0.3) is 0 Å². The maximum absolute atomic E-state index is 12.7. The van der Waals surface area contributed by atoms with Gasteiger partial charge in [0.1, 0.15) is 5.82 Å². The number of rotatable bonds is 1. The molecule has 6 heteroatoms. The third kappa shape index (κ3) is 1.80. The SMILES string of the molecule is OB(O)c1c(Br)ccc(F)c1Cl. The largest absolute Gasteiger partial charge is 0.491 e. The van der Waals surface area contributed by atoms with Crippen molar-refractivity contribution in [2.75, 3.05) is 0 Å².